The van der Waals surface area contributed by atoms with Crippen LogP contribution in [0.5, 0.6) is 0 Å². The number of benzene rings is 2. The fraction of sp³-hybridized carbons (Fsp3) is 0.273. The van der Waals surface area contributed by atoms with Crippen molar-refractivity contribution < 1.29 is 14.7 Å². The Balaban J connectivity index is 1.80. The highest BCUT2D eigenvalue weighted by Gasteiger charge is 2.48. The molecule has 1 fully saturated rings. The van der Waals surface area contributed by atoms with Crippen molar-refractivity contribution in [2.24, 2.45) is 5.92 Å². The zero-order valence-corrected chi connectivity index (χ0v) is 14.6. The van der Waals surface area contributed by atoms with Crippen LogP contribution in [0.3, 0.4) is 0 Å². The first-order chi connectivity index (χ1) is 12.6. The molecule has 0 radical (unpaired) electrons. The number of Topliss-reactive ketones (excluding diaryl/α,β-unsaturated/α-hetero) is 1. The molecule has 4 rings (SSSR count). The normalized spacial score (nSPS) is 21.2. The van der Waals surface area contributed by atoms with Crippen LogP contribution in [0.1, 0.15) is 43.0 Å². The fourth-order valence-corrected chi connectivity index (χ4v) is 3.69. The molecule has 0 spiro atoms. The summed E-state index contributed by atoms with van der Waals surface area (Å²) in [4.78, 5) is 27.4. The van der Waals surface area contributed by atoms with E-state index < -0.39 is 17.7 Å². The zero-order chi connectivity index (χ0) is 18.3. The number of carbonyl (C=O) groups is 2. The summed E-state index contributed by atoms with van der Waals surface area (Å²) in [5.74, 6) is -1.01. The molecule has 1 saturated carbocycles. The first-order valence-corrected chi connectivity index (χ1v) is 8.99. The highest BCUT2D eigenvalue weighted by atomic mass is 16.3. The summed E-state index contributed by atoms with van der Waals surface area (Å²) in [6.07, 6.45) is 1.67. The van der Waals surface area contributed by atoms with Crippen LogP contribution in [0.25, 0.3) is 0 Å². The van der Waals surface area contributed by atoms with E-state index in [0.29, 0.717) is 0 Å². The van der Waals surface area contributed by atoms with Crippen LogP contribution in [0, 0.1) is 5.92 Å². The van der Waals surface area contributed by atoms with E-state index in [2.05, 4.69) is 0 Å². The molecule has 132 valence electrons. The average Bonchev–Trinajstić information content (AvgIpc) is 3.49. The zero-order valence-electron chi connectivity index (χ0n) is 14.6. The summed E-state index contributed by atoms with van der Waals surface area (Å²) in [6, 6.07) is 18.4. The molecule has 1 heterocycles. The van der Waals surface area contributed by atoms with Crippen LogP contribution in [0.15, 0.2) is 72.0 Å². The Morgan fingerprint density at radius 1 is 1.04 bits per heavy atom. The molecular weight excluding hydrogens is 326 g/mol. The predicted molar refractivity (Wildman–Crippen MR) is 98.3 cm³/mol. The van der Waals surface area contributed by atoms with Crippen molar-refractivity contribution >= 4 is 11.7 Å². The van der Waals surface area contributed by atoms with E-state index >= 15 is 0 Å². The molecule has 0 bridgehead atoms. The Morgan fingerprint density at radius 3 is 2.19 bits per heavy atom. The molecule has 1 aliphatic carbocycles. The van der Waals surface area contributed by atoms with Gasteiger partial charge in [0, 0.05) is 5.92 Å². The second-order valence-electron chi connectivity index (χ2n) is 7.01. The van der Waals surface area contributed by atoms with E-state index in [0.717, 1.165) is 24.0 Å². The number of aliphatic hydroxyl groups excluding tert-OH is 1. The van der Waals surface area contributed by atoms with E-state index in [1.54, 1.807) is 4.90 Å². The summed E-state index contributed by atoms with van der Waals surface area (Å²) in [6.45, 7) is 1.93. The van der Waals surface area contributed by atoms with E-state index in [1.165, 1.54) is 0 Å². The van der Waals surface area contributed by atoms with Crippen molar-refractivity contribution in [2.45, 2.75) is 31.8 Å². The topological polar surface area (TPSA) is 57.6 Å². The number of aliphatic hydroxyl groups is 1. The molecule has 2 aliphatic rings. The molecule has 0 saturated heterocycles. The maximum absolute atomic E-state index is 12.9. The lowest BCUT2D eigenvalue weighted by Gasteiger charge is -2.32. The van der Waals surface area contributed by atoms with Gasteiger partial charge in [0.1, 0.15) is 0 Å². The number of amides is 1. The molecule has 2 atom stereocenters. The van der Waals surface area contributed by atoms with Gasteiger partial charge in [-0.25, -0.2) is 0 Å². The average molecular weight is 347 g/mol. The standard InChI is InChI=1S/C22H21NO3/c1-14(15-8-4-2-5-9-15)23-19(16-10-6-3-7-11-16)18(21(25)22(23)26)20(24)17-12-13-17/h2-11,14,17,19,25H,12-13H2,1H3/t14-,19+/m0/s1. The maximum Gasteiger partial charge on any atom is 0.290 e. The Kier molecular flexibility index (Phi) is 4.11. The minimum absolute atomic E-state index is 0.0573. The molecule has 26 heavy (non-hydrogen) atoms. The number of nitrogens with zero attached hydrogens (tertiary/aromatic N) is 1. The monoisotopic (exact) mass is 347 g/mol. The van der Waals surface area contributed by atoms with Crippen LogP contribution in [-0.2, 0) is 9.59 Å². The molecule has 2 aromatic rings. The summed E-state index contributed by atoms with van der Waals surface area (Å²) in [5, 5.41) is 10.6. The van der Waals surface area contributed by atoms with E-state index in [1.807, 2.05) is 67.6 Å². The Hall–Kier alpha value is -2.88. The van der Waals surface area contributed by atoms with Gasteiger partial charge in [0.15, 0.2) is 11.5 Å². The lowest BCUT2D eigenvalue weighted by molar-refractivity contribution is -0.131. The molecule has 4 nitrogen and oxygen atoms in total. The van der Waals surface area contributed by atoms with Crippen molar-refractivity contribution in [1.82, 2.24) is 4.90 Å². The third kappa shape index (κ3) is 2.71. The summed E-state index contributed by atoms with van der Waals surface area (Å²) in [7, 11) is 0. The second-order valence-corrected chi connectivity index (χ2v) is 7.01. The Bertz CT molecular complexity index is 869. The molecule has 2 aromatic carbocycles. The highest BCUT2D eigenvalue weighted by molar-refractivity contribution is 6.10. The van der Waals surface area contributed by atoms with Crippen LogP contribution in [0.2, 0.25) is 0 Å². The largest absolute Gasteiger partial charge is 0.503 e. The quantitative estimate of drug-likeness (QED) is 0.885. The van der Waals surface area contributed by atoms with Crippen LogP contribution in [0.4, 0.5) is 0 Å². The second kappa shape index (κ2) is 6.45. The minimum atomic E-state index is -0.549. The molecule has 1 amide bonds. The molecular formula is C22H21NO3. The van der Waals surface area contributed by atoms with Gasteiger partial charge in [-0.15, -0.1) is 0 Å². The molecule has 1 aliphatic heterocycles. The SMILES string of the molecule is C[C@@H](c1ccccc1)N1C(=O)C(O)=C(C(=O)C2CC2)[C@H]1c1ccccc1. The molecule has 0 unspecified atom stereocenters. The maximum atomic E-state index is 12.9. The lowest BCUT2D eigenvalue weighted by atomic mass is 9.93. The molecule has 0 aromatic heterocycles. The Labute approximate surface area is 152 Å². The van der Waals surface area contributed by atoms with Gasteiger partial charge in [0.2, 0.25) is 0 Å². The van der Waals surface area contributed by atoms with Gasteiger partial charge in [-0.1, -0.05) is 60.7 Å². The van der Waals surface area contributed by atoms with Crippen molar-refractivity contribution in [3.63, 3.8) is 0 Å². The van der Waals surface area contributed by atoms with Gasteiger partial charge in [-0.05, 0) is 30.9 Å². The predicted octanol–water partition coefficient (Wildman–Crippen LogP) is 4.12. The number of rotatable bonds is 5. The van der Waals surface area contributed by atoms with Gasteiger partial charge >= 0.3 is 0 Å². The van der Waals surface area contributed by atoms with Gasteiger partial charge in [-0.2, -0.15) is 0 Å². The number of ketones is 1. The van der Waals surface area contributed by atoms with Crippen molar-refractivity contribution in [1.29, 1.82) is 0 Å². The third-order valence-corrected chi connectivity index (χ3v) is 5.27. The smallest absolute Gasteiger partial charge is 0.290 e. The first-order valence-electron chi connectivity index (χ1n) is 8.99. The van der Waals surface area contributed by atoms with E-state index in [4.69, 9.17) is 0 Å². The Morgan fingerprint density at radius 2 is 1.62 bits per heavy atom. The van der Waals surface area contributed by atoms with E-state index in [9.17, 15) is 14.7 Å². The van der Waals surface area contributed by atoms with Crippen LogP contribution >= 0.6 is 0 Å². The number of hydrogen-bond donors (Lipinski definition) is 1. The minimum Gasteiger partial charge on any atom is -0.503 e. The van der Waals surface area contributed by atoms with Crippen molar-refractivity contribution in [3.05, 3.63) is 83.1 Å². The third-order valence-electron chi connectivity index (χ3n) is 5.27. The molecule has 4 heteroatoms. The fourth-order valence-electron chi connectivity index (χ4n) is 3.69. The van der Waals surface area contributed by atoms with Gasteiger partial charge in [0.25, 0.3) is 5.91 Å². The van der Waals surface area contributed by atoms with Crippen molar-refractivity contribution in [3.8, 4) is 0 Å². The lowest BCUT2D eigenvalue weighted by Crippen LogP contribution is -2.33. The number of hydrogen-bond acceptors (Lipinski definition) is 3. The highest BCUT2D eigenvalue weighted by Crippen LogP contribution is 2.46. The van der Waals surface area contributed by atoms with E-state index in [-0.39, 0.29) is 23.3 Å². The van der Waals surface area contributed by atoms with Gasteiger partial charge in [-0.3, -0.25) is 9.59 Å². The summed E-state index contributed by atoms with van der Waals surface area (Å²) >= 11 is 0. The van der Waals surface area contributed by atoms with Gasteiger partial charge < -0.3 is 10.0 Å². The first kappa shape index (κ1) is 16.6. The summed E-state index contributed by atoms with van der Waals surface area (Å²) < 4.78 is 0. The van der Waals surface area contributed by atoms with Crippen LogP contribution in [-0.4, -0.2) is 21.7 Å². The van der Waals surface area contributed by atoms with Gasteiger partial charge in [0.05, 0.1) is 17.7 Å². The number of carbonyl (C=O) groups excluding carboxylic acids is 2. The van der Waals surface area contributed by atoms with Crippen molar-refractivity contribution in [2.75, 3.05) is 0 Å². The van der Waals surface area contributed by atoms with Crippen LogP contribution < -0.4 is 0 Å². The molecule has 1 N–H and O–H groups in total. The summed E-state index contributed by atoms with van der Waals surface area (Å²) in [5.41, 5.74) is 2.07.